The number of nitrogens with zero attached hydrogens (tertiary/aromatic N) is 5. The van der Waals surface area contributed by atoms with Crippen LogP contribution in [0.2, 0.25) is 0 Å². The van der Waals surface area contributed by atoms with Gasteiger partial charge in [0.05, 0.1) is 12.4 Å². The lowest BCUT2D eigenvalue weighted by Gasteiger charge is -2.30. The number of carbonyl (C=O) groups excluding carboxylic acids is 1. The number of anilines is 2. The average molecular weight is 398 g/mol. The molecule has 1 amide bonds. The normalized spacial score (nSPS) is 18.6. The molecule has 4 rings (SSSR count). The molecule has 0 atom stereocenters. The number of hydrogen-bond acceptors (Lipinski definition) is 6. The monoisotopic (exact) mass is 397 g/mol. The highest BCUT2D eigenvalue weighted by Crippen LogP contribution is 2.34. The van der Waals surface area contributed by atoms with Crippen molar-refractivity contribution in [1.82, 2.24) is 14.9 Å². The highest BCUT2D eigenvalue weighted by Gasteiger charge is 2.25. The van der Waals surface area contributed by atoms with Crippen LogP contribution in [-0.4, -0.2) is 59.4 Å². The van der Waals surface area contributed by atoms with Crippen LogP contribution < -0.4 is 9.80 Å². The Hall–Kier alpha value is -2.12. The van der Waals surface area contributed by atoms with Gasteiger partial charge < -0.3 is 4.90 Å². The van der Waals surface area contributed by atoms with Crippen molar-refractivity contribution < 1.29 is 4.79 Å². The van der Waals surface area contributed by atoms with Gasteiger partial charge in [0.2, 0.25) is 5.91 Å². The van der Waals surface area contributed by atoms with E-state index >= 15 is 0 Å². The zero-order chi connectivity index (χ0) is 19.5. The fourth-order valence-electron chi connectivity index (χ4n) is 3.88. The summed E-state index contributed by atoms with van der Waals surface area (Å²) < 4.78 is 0. The zero-order valence-electron chi connectivity index (χ0n) is 16.6. The minimum Gasteiger partial charge on any atom is -0.355 e. The van der Waals surface area contributed by atoms with Gasteiger partial charge in [0.1, 0.15) is 11.6 Å². The molecule has 2 aromatic rings. The van der Waals surface area contributed by atoms with Crippen LogP contribution in [0.1, 0.15) is 24.4 Å². The minimum atomic E-state index is 0.223. The molecule has 0 unspecified atom stereocenters. The Kier molecular flexibility index (Phi) is 5.82. The van der Waals surface area contributed by atoms with E-state index in [0.29, 0.717) is 13.1 Å². The van der Waals surface area contributed by atoms with E-state index in [1.54, 1.807) is 11.8 Å². The van der Waals surface area contributed by atoms with Gasteiger partial charge in [0.25, 0.3) is 0 Å². The van der Waals surface area contributed by atoms with Crippen LogP contribution in [0.5, 0.6) is 0 Å². The van der Waals surface area contributed by atoms with Gasteiger partial charge in [0.15, 0.2) is 0 Å². The zero-order valence-corrected chi connectivity index (χ0v) is 17.4. The molecule has 0 aliphatic carbocycles. The van der Waals surface area contributed by atoms with Crippen LogP contribution in [0.15, 0.2) is 35.2 Å². The van der Waals surface area contributed by atoms with E-state index in [2.05, 4.69) is 44.0 Å². The quantitative estimate of drug-likeness (QED) is 0.793. The van der Waals surface area contributed by atoms with E-state index in [4.69, 9.17) is 0 Å². The summed E-state index contributed by atoms with van der Waals surface area (Å²) in [5.41, 5.74) is 2.06. The highest BCUT2D eigenvalue weighted by atomic mass is 32.2. The van der Waals surface area contributed by atoms with Crippen molar-refractivity contribution in [2.75, 3.05) is 48.4 Å². The molecule has 2 aliphatic rings. The SMILES string of the molecule is Cc1cc(N2CCCN(CN3C(=O)CCSc4ccccc43)CC2)nc(C)n1. The maximum Gasteiger partial charge on any atom is 0.228 e. The molecule has 3 heterocycles. The fourth-order valence-corrected chi connectivity index (χ4v) is 4.87. The number of carbonyl (C=O) groups is 1. The largest absolute Gasteiger partial charge is 0.355 e. The van der Waals surface area contributed by atoms with Gasteiger partial charge in [-0.25, -0.2) is 9.97 Å². The van der Waals surface area contributed by atoms with Crippen molar-refractivity contribution in [3.63, 3.8) is 0 Å². The van der Waals surface area contributed by atoms with E-state index in [1.165, 1.54) is 4.90 Å². The topological polar surface area (TPSA) is 52.6 Å². The number of fused-ring (bicyclic) bond motifs is 1. The number of benzene rings is 1. The number of para-hydroxylation sites is 1. The molecule has 0 bridgehead atoms. The molecule has 2 aliphatic heterocycles. The van der Waals surface area contributed by atoms with Crippen molar-refractivity contribution in [3.05, 3.63) is 41.9 Å². The van der Waals surface area contributed by atoms with Crippen LogP contribution in [0.25, 0.3) is 0 Å². The van der Waals surface area contributed by atoms with Gasteiger partial charge >= 0.3 is 0 Å². The number of rotatable bonds is 3. The van der Waals surface area contributed by atoms with Crippen molar-refractivity contribution in [2.24, 2.45) is 0 Å². The van der Waals surface area contributed by atoms with Gasteiger partial charge in [-0.1, -0.05) is 12.1 Å². The standard InChI is InChI=1S/C21H27N5OS/c1-16-14-20(23-17(2)22-16)25-10-5-9-24(11-12-25)15-26-18-6-3-4-7-19(18)28-13-8-21(26)27/h3-4,6-7,14H,5,8-13,15H2,1-2H3. The molecule has 0 saturated carbocycles. The number of amides is 1. The van der Waals surface area contributed by atoms with Gasteiger partial charge in [-0.3, -0.25) is 14.6 Å². The number of thioether (sulfide) groups is 1. The molecular formula is C21H27N5OS. The Morgan fingerprint density at radius 1 is 1.07 bits per heavy atom. The third-order valence-corrected chi connectivity index (χ3v) is 6.30. The molecule has 1 aromatic heterocycles. The number of hydrogen-bond donors (Lipinski definition) is 0. The highest BCUT2D eigenvalue weighted by molar-refractivity contribution is 7.99. The molecule has 1 aromatic carbocycles. The van der Waals surface area contributed by atoms with E-state index in [1.807, 2.05) is 24.8 Å². The molecular weight excluding hydrogens is 370 g/mol. The molecule has 148 valence electrons. The van der Waals surface area contributed by atoms with Crippen molar-refractivity contribution in [2.45, 2.75) is 31.6 Å². The van der Waals surface area contributed by atoms with Crippen LogP contribution >= 0.6 is 11.8 Å². The second-order valence-corrected chi connectivity index (χ2v) is 8.54. The minimum absolute atomic E-state index is 0.223. The average Bonchev–Trinajstić information content (AvgIpc) is 2.99. The summed E-state index contributed by atoms with van der Waals surface area (Å²) in [7, 11) is 0. The van der Waals surface area contributed by atoms with E-state index in [9.17, 15) is 4.79 Å². The van der Waals surface area contributed by atoms with Gasteiger partial charge in [0, 0.05) is 55.0 Å². The summed E-state index contributed by atoms with van der Waals surface area (Å²) in [5.74, 6) is 2.91. The Bertz CT molecular complexity index is 838. The lowest BCUT2D eigenvalue weighted by atomic mass is 10.2. The van der Waals surface area contributed by atoms with Gasteiger partial charge in [-0.05, 0) is 32.4 Å². The van der Waals surface area contributed by atoms with Crippen LogP contribution in [0, 0.1) is 13.8 Å². The third kappa shape index (κ3) is 4.31. The molecule has 6 nitrogen and oxygen atoms in total. The summed E-state index contributed by atoms with van der Waals surface area (Å²) in [4.78, 5) is 29.7. The molecule has 0 radical (unpaired) electrons. The Morgan fingerprint density at radius 2 is 1.93 bits per heavy atom. The second-order valence-electron chi connectivity index (χ2n) is 7.40. The maximum atomic E-state index is 12.8. The molecule has 0 N–H and O–H groups in total. The lowest BCUT2D eigenvalue weighted by Crippen LogP contribution is -2.43. The maximum absolute atomic E-state index is 12.8. The first kappa shape index (κ1) is 19.2. The first-order chi connectivity index (χ1) is 13.6. The molecule has 1 saturated heterocycles. The predicted molar refractivity (Wildman–Crippen MR) is 114 cm³/mol. The fraction of sp³-hybridized carbons (Fsp3) is 0.476. The van der Waals surface area contributed by atoms with E-state index < -0.39 is 0 Å². The molecule has 0 spiro atoms. The summed E-state index contributed by atoms with van der Waals surface area (Å²) in [6.07, 6.45) is 1.65. The molecule has 7 heteroatoms. The third-order valence-electron chi connectivity index (χ3n) is 5.24. The number of aromatic nitrogens is 2. The second kappa shape index (κ2) is 8.49. The van der Waals surface area contributed by atoms with E-state index in [-0.39, 0.29) is 5.91 Å². The summed E-state index contributed by atoms with van der Waals surface area (Å²) >= 11 is 1.78. The summed E-state index contributed by atoms with van der Waals surface area (Å²) in [5, 5.41) is 0. The first-order valence-corrected chi connectivity index (χ1v) is 10.9. The van der Waals surface area contributed by atoms with Crippen molar-refractivity contribution >= 4 is 29.2 Å². The summed E-state index contributed by atoms with van der Waals surface area (Å²) in [6, 6.07) is 10.3. The Labute approximate surface area is 170 Å². The van der Waals surface area contributed by atoms with Crippen LogP contribution in [0.4, 0.5) is 11.5 Å². The smallest absolute Gasteiger partial charge is 0.228 e. The van der Waals surface area contributed by atoms with Crippen molar-refractivity contribution in [3.8, 4) is 0 Å². The number of aryl methyl sites for hydroxylation is 2. The van der Waals surface area contributed by atoms with E-state index in [0.717, 1.165) is 61.4 Å². The first-order valence-electron chi connectivity index (χ1n) is 9.92. The molecule has 28 heavy (non-hydrogen) atoms. The Morgan fingerprint density at radius 3 is 2.79 bits per heavy atom. The lowest BCUT2D eigenvalue weighted by molar-refractivity contribution is -0.118. The van der Waals surface area contributed by atoms with Gasteiger partial charge in [-0.2, -0.15) is 0 Å². The predicted octanol–water partition coefficient (Wildman–Crippen LogP) is 3.09. The van der Waals surface area contributed by atoms with Crippen LogP contribution in [0.3, 0.4) is 0 Å². The summed E-state index contributed by atoms with van der Waals surface area (Å²) in [6.45, 7) is 8.41. The Balaban J connectivity index is 1.47. The van der Waals surface area contributed by atoms with Crippen molar-refractivity contribution in [1.29, 1.82) is 0 Å². The van der Waals surface area contributed by atoms with Crippen LogP contribution in [-0.2, 0) is 4.79 Å². The molecule has 1 fully saturated rings. The van der Waals surface area contributed by atoms with Gasteiger partial charge in [-0.15, -0.1) is 11.8 Å².